The van der Waals surface area contributed by atoms with Crippen LogP contribution in [0.25, 0.3) is 0 Å². The zero-order valence-corrected chi connectivity index (χ0v) is 16.5. The Kier molecular flexibility index (Phi) is 7.14. The van der Waals surface area contributed by atoms with Gasteiger partial charge in [-0.15, -0.1) is 0 Å². The van der Waals surface area contributed by atoms with Crippen molar-refractivity contribution in [1.82, 2.24) is 10.6 Å². The average molecular weight is 385 g/mol. The molecule has 2 atom stereocenters. The Bertz CT molecular complexity index is 638. The van der Waals surface area contributed by atoms with Crippen molar-refractivity contribution in [2.45, 2.75) is 52.4 Å². The number of hydrogen-bond donors (Lipinski definition) is 2. The number of halogens is 3. The van der Waals surface area contributed by atoms with Crippen molar-refractivity contribution in [2.75, 3.05) is 20.2 Å². The van der Waals surface area contributed by atoms with Gasteiger partial charge < -0.3 is 15.4 Å². The van der Waals surface area contributed by atoms with Crippen molar-refractivity contribution in [3.63, 3.8) is 0 Å². The number of rotatable bonds is 4. The minimum absolute atomic E-state index is 0.0573. The number of nitrogens with zero attached hydrogens (tertiary/aromatic N) is 1. The molecule has 1 heterocycles. The van der Waals surface area contributed by atoms with Gasteiger partial charge in [-0.1, -0.05) is 32.9 Å². The summed E-state index contributed by atoms with van der Waals surface area (Å²) in [5, 5.41) is 6.38. The van der Waals surface area contributed by atoms with E-state index in [4.69, 9.17) is 4.74 Å². The van der Waals surface area contributed by atoms with Crippen molar-refractivity contribution in [3.8, 4) is 0 Å². The maximum Gasteiger partial charge on any atom is 0.416 e. The van der Waals surface area contributed by atoms with Gasteiger partial charge in [-0.25, -0.2) is 0 Å². The van der Waals surface area contributed by atoms with Gasteiger partial charge in [-0.2, -0.15) is 13.2 Å². The number of aliphatic imine (C=N–C) groups is 1. The van der Waals surface area contributed by atoms with Crippen molar-refractivity contribution in [3.05, 3.63) is 35.4 Å². The lowest BCUT2D eigenvalue weighted by molar-refractivity contribution is -0.137. The van der Waals surface area contributed by atoms with Gasteiger partial charge in [0.05, 0.1) is 11.7 Å². The maximum absolute atomic E-state index is 12.8. The molecule has 1 aliphatic rings. The molecule has 4 nitrogen and oxygen atoms in total. The predicted octanol–water partition coefficient (Wildman–Crippen LogP) is 4.21. The van der Waals surface area contributed by atoms with Crippen molar-refractivity contribution >= 4 is 5.96 Å². The van der Waals surface area contributed by atoms with E-state index in [9.17, 15) is 13.2 Å². The third-order valence-corrected chi connectivity index (χ3v) is 4.77. The van der Waals surface area contributed by atoms with Gasteiger partial charge in [0.1, 0.15) is 0 Å². The first-order valence-electron chi connectivity index (χ1n) is 9.33. The highest BCUT2D eigenvalue weighted by Gasteiger charge is 2.35. The Balaban J connectivity index is 1.91. The van der Waals surface area contributed by atoms with E-state index in [2.05, 4.69) is 36.4 Å². The van der Waals surface area contributed by atoms with Crippen LogP contribution >= 0.6 is 0 Å². The highest BCUT2D eigenvalue weighted by Crippen LogP contribution is 2.33. The van der Waals surface area contributed by atoms with E-state index in [0.717, 1.165) is 31.6 Å². The SMILES string of the molecule is CN=C(NCc1cccc(C(F)(F)F)c1)NCC1CCCOC1C(C)(C)C. The van der Waals surface area contributed by atoms with E-state index < -0.39 is 11.7 Å². The number of guanidine groups is 1. The predicted molar refractivity (Wildman–Crippen MR) is 102 cm³/mol. The van der Waals surface area contributed by atoms with E-state index in [0.29, 0.717) is 24.0 Å². The largest absolute Gasteiger partial charge is 0.416 e. The summed E-state index contributed by atoms with van der Waals surface area (Å²) in [7, 11) is 1.65. The second-order valence-electron chi connectivity index (χ2n) is 8.06. The van der Waals surface area contributed by atoms with E-state index in [1.807, 2.05) is 0 Å². The van der Waals surface area contributed by atoms with Crippen molar-refractivity contribution in [2.24, 2.45) is 16.3 Å². The summed E-state index contributed by atoms with van der Waals surface area (Å²) in [4.78, 5) is 4.18. The molecule has 152 valence electrons. The molecule has 0 amide bonds. The molecular formula is C20H30F3N3O. The Hall–Kier alpha value is -1.76. The molecule has 2 unspecified atom stereocenters. The molecule has 0 aliphatic carbocycles. The molecule has 0 bridgehead atoms. The monoisotopic (exact) mass is 385 g/mol. The molecule has 7 heteroatoms. The van der Waals surface area contributed by atoms with Crippen molar-refractivity contribution < 1.29 is 17.9 Å². The number of hydrogen-bond acceptors (Lipinski definition) is 2. The smallest absolute Gasteiger partial charge is 0.377 e. The number of alkyl halides is 3. The molecule has 27 heavy (non-hydrogen) atoms. The van der Waals surface area contributed by atoms with E-state index >= 15 is 0 Å². The number of ether oxygens (including phenoxy) is 1. The molecule has 0 spiro atoms. The van der Waals surface area contributed by atoms with Crippen LogP contribution in [0.4, 0.5) is 13.2 Å². The first-order valence-corrected chi connectivity index (χ1v) is 9.33. The Morgan fingerprint density at radius 1 is 1.22 bits per heavy atom. The Labute approximate surface area is 159 Å². The van der Waals surface area contributed by atoms with Gasteiger partial charge in [0.25, 0.3) is 0 Å². The van der Waals surface area contributed by atoms with E-state index in [1.54, 1.807) is 13.1 Å². The van der Waals surface area contributed by atoms with Gasteiger partial charge in [0.2, 0.25) is 0 Å². The lowest BCUT2D eigenvalue weighted by atomic mass is 9.78. The first kappa shape index (κ1) is 21.5. The molecule has 2 rings (SSSR count). The van der Waals surface area contributed by atoms with Gasteiger partial charge in [0.15, 0.2) is 5.96 Å². The van der Waals surface area contributed by atoms with Crippen LogP contribution in [0.2, 0.25) is 0 Å². The molecule has 0 saturated carbocycles. The Morgan fingerprint density at radius 2 is 1.96 bits per heavy atom. The normalized spacial score (nSPS) is 21.8. The molecule has 1 aliphatic heterocycles. The van der Waals surface area contributed by atoms with Crippen LogP contribution in [0.3, 0.4) is 0 Å². The van der Waals surface area contributed by atoms with Crippen LogP contribution in [0.1, 0.15) is 44.7 Å². The summed E-state index contributed by atoms with van der Waals surface area (Å²) in [6, 6.07) is 5.32. The summed E-state index contributed by atoms with van der Waals surface area (Å²) in [6.07, 6.45) is -2.05. The van der Waals surface area contributed by atoms with E-state index in [1.165, 1.54) is 6.07 Å². The summed E-state index contributed by atoms with van der Waals surface area (Å²) in [5.74, 6) is 0.941. The first-order chi connectivity index (χ1) is 12.6. The maximum atomic E-state index is 12.8. The fourth-order valence-electron chi connectivity index (χ4n) is 3.50. The lowest BCUT2D eigenvalue weighted by Crippen LogP contribution is -2.47. The summed E-state index contributed by atoms with van der Waals surface area (Å²) in [6.45, 7) is 8.31. The fraction of sp³-hybridized carbons (Fsp3) is 0.650. The lowest BCUT2D eigenvalue weighted by Gasteiger charge is -2.40. The minimum Gasteiger partial charge on any atom is -0.377 e. The molecule has 1 aromatic rings. The Morgan fingerprint density at radius 3 is 2.59 bits per heavy atom. The quantitative estimate of drug-likeness (QED) is 0.603. The van der Waals surface area contributed by atoms with Gasteiger partial charge >= 0.3 is 6.18 Å². The molecule has 2 N–H and O–H groups in total. The third-order valence-electron chi connectivity index (χ3n) is 4.77. The second-order valence-corrected chi connectivity index (χ2v) is 8.06. The van der Waals surface area contributed by atoms with Crippen LogP contribution in [-0.2, 0) is 17.5 Å². The molecule has 1 aromatic carbocycles. The van der Waals surface area contributed by atoms with Crippen LogP contribution < -0.4 is 10.6 Å². The zero-order chi connectivity index (χ0) is 20.1. The summed E-state index contributed by atoms with van der Waals surface area (Å²) in [5.41, 5.74) is -0.0275. The zero-order valence-electron chi connectivity index (χ0n) is 16.5. The van der Waals surface area contributed by atoms with Gasteiger partial charge in [0, 0.05) is 32.7 Å². The summed E-state index contributed by atoms with van der Waals surface area (Å²) < 4.78 is 44.5. The van der Waals surface area contributed by atoms with Crippen LogP contribution in [0, 0.1) is 11.3 Å². The highest BCUT2D eigenvalue weighted by molar-refractivity contribution is 5.79. The topological polar surface area (TPSA) is 45.7 Å². The molecule has 1 fully saturated rings. The minimum atomic E-state index is -4.33. The third kappa shape index (κ3) is 6.41. The van der Waals surface area contributed by atoms with Crippen LogP contribution in [-0.4, -0.2) is 32.3 Å². The summed E-state index contributed by atoms with van der Waals surface area (Å²) >= 11 is 0. The number of nitrogens with one attached hydrogen (secondary N) is 2. The average Bonchev–Trinajstić information content (AvgIpc) is 2.61. The van der Waals surface area contributed by atoms with Crippen molar-refractivity contribution in [1.29, 1.82) is 0 Å². The molecule has 0 radical (unpaired) electrons. The van der Waals surface area contributed by atoms with Gasteiger partial charge in [-0.3, -0.25) is 4.99 Å². The van der Waals surface area contributed by atoms with Crippen LogP contribution in [0.15, 0.2) is 29.3 Å². The molecule has 1 saturated heterocycles. The van der Waals surface area contributed by atoms with Gasteiger partial charge in [-0.05, 0) is 36.0 Å². The second kappa shape index (κ2) is 8.95. The van der Waals surface area contributed by atoms with Crippen LogP contribution in [0.5, 0.6) is 0 Å². The van der Waals surface area contributed by atoms with E-state index in [-0.39, 0.29) is 18.1 Å². The number of benzene rings is 1. The molecule has 0 aromatic heterocycles. The molecular weight excluding hydrogens is 355 g/mol. The standard InChI is InChI=1S/C20H30F3N3O/c1-19(2,3)17-15(8-6-10-27-17)13-26-18(24-4)25-12-14-7-5-9-16(11-14)20(21,22)23/h5,7,9,11,15,17H,6,8,10,12-13H2,1-4H3,(H2,24,25,26). The highest BCUT2D eigenvalue weighted by atomic mass is 19.4. The fourth-order valence-corrected chi connectivity index (χ4v) is 3.50.